The van der Waals surface area contributed by atoms with Crippen molar-refractivity contribution in [1.82, 2.24) is 9.97 Å². The number of pyridine rings is 2. The molecule has 2 aliphatic rings. The molecule has 43 heavy (non-hydrogen) atoms. The number of benzene rings is 2. The first-order valence-corrected chi connectivity index (χ1v) is 15.3. The number of fused-ring (bicyclic) bond motifs is 3. The van der Waals surface area contributed by atoms with Crippen LogP contribution in [0, 0.1) is 13.1 Å². The number of carbonyl (C=O) groups excluding carboxylic acids is 1. The molecule has 0 radical (unpaired) electrons. The Labute approximate surface area is 278 Å². The Morgan fingerprint density at radius 1 is 0.953 bits per heavy atom. The van der Waals surface area contributed by atoms with E-state index in [1.54, 1.807) is 31.5 Å². The summed E-state index contributed by atoms with van der Waals surface area (Å²) in [5, 5.41) is 40.3. The maximum Gasteiger partial charge on any atom is 0.343 e. The molecule has 0 fully saturated rings. The highest BCUT2D eigenvalue weighted by molar-refractivity contribution is 14.1. The summed E-state index contributed by atoms with van der Waals surface area (Å²) >= 11 is 10.2. The molecule has 4 aromatic rings. The lowest BCUT2D eigenvalue weighted by Gasteiger charge is -2.32. The normalized spacial score (nSPS) is 17.7. The Morgan fingerprint density at radius 2 is 1.58 bits per heavy atom. The van der Waals surface area contributed by atoms with Crippen molar-refractivity contribution in [3.8, 4) is 11.5 Å². The number of ketones is 1. The zero-order valence-corrected chi connectivity index (χ0v) is 28.0. The summed E-state index contributed by atoms with van der Waals surface area (Å²) in [6.07, 6.45) is 4.49. The fraction of sp³-hybridized carbons (Fsp3) is 0.161. The number of aromatic hydroxyl groups is 2. The van der Waals surface area contributed by atoms with Gasteiger partial charge in [0.05, 0.1) is 20.4 Å². The van der Waals surface area contributed by atoms with Crippen molar-refractivity contribution in [2.45, 2.75) is 26.9 Å². The van der Waals surface area contributed by atoms with Gasteiger partial charge in [0.2, 0.25) is 5.78 Å². The number of rotatable bonds is 1. The van der Waals surface area contributed by atoms with Crippen LogP contribution >= 0.6 is 56.8 Å². The van der Waals surface area contributed by atoms with E-state index in [1.165, 1.54) is 12.3 Å². The van der Waals surface area contributed by atoms with Crippen LogP contribution in [-0.2, 0) is 14.3 Å². The highest BCUT2D eigenvalue weighted by Gasteiger charge is 2.39. The number of hydrogen-bond acceptors (Lipinski definition) is 8. The second-order valence-electron chi connectivity index (χ2n) is 9.61. The van der Waals surface area contributed by atoms with Gasteiger partial charge >= 0.3 is 5.97 Å². The number of carbonyl (C=O) groups is 2. The van der Waals surface area contributed by atoms with E-state index in [2.05, 4.69) is 55.1 Å². The predicted octanol–water partition coefficient (Wildman–Crippen LogP) is 7.46. The Balaban J connectivity index is 0.000000151. The lowest BCUT2D eigenvalue weighted by molar-refractivity contribution is -0.134. The fourth-order valence-electron chi connectivity index (χ4n) is 4.59. The molecule has 0 spiro atoms. The molecular formula is C31H25ClI2N2O7. The molecule has 6 rings (SSSR count). The number of phenolic OH excluding ortho intramolecular Hbond substituents is 2. The topological polar surface area (TPSA) is 150 Å². The van der Waals surface area contributed by atoms with Crippen LogP contribution in [0.4, 0.5) is 0 Å². The SMILES string of the molecule is CC1=C2C(=COC(C)C2C)C(=O)C(C(=O)O)=C1O.Oc1c(I)cc(I)c2cccnc12.Oc1ccc(Cl)c2cccnc12. The molecule has 1 aliphatic heterocycles. The van der Waals surface area contributed by atoms with Gasteiger partial charge in [0.25, 0.3) is 0 Å². The van der Waals surface area contributed by atoms with Crippen LogP contribution < -0.4 is 0 Å². The number of carboxylic acid groups (broad SMARTS) is 1. The van der Waals surface area contributed by atoms with E-state index in [4.69, 9.17) is 21.4 Å². The number of allylic oxidation sites excluding steroid dienone is 2. The highest BCUT2D eigenvalue weighted by atomic mass is 127. The second kappa shape index (κ2) is 13.5. The molecule has 2 atom stereocenters. The van der Waals surface area contributed by atoms with Crippen LogP contribution in [0.25, 0.3) is 21.8 Å². The molecule has 1 aliphatic carbocycles. The number of carboxylic acids is 1. The Hall–Kier alpha value is -3.43. The van der Waals surface area contributed by atoms with E-state index in [0.717, 1.165) is 17.9 Å². The third kappa shape index (κ3) is 6.58. The first-order chi connectivity index (χ1) is 20.3. The van der Waals surface area contributed by atoms with Gasteiger partial charge in [0.1, 0.15) is 34.2 Å². The van der Waals surface area contributed by atoms with E-state index >= 15 is 0 Å². The van der Waals surface area contributed by atoms with Crippen molar-refractivity contribution in [3.63, 3.8) is 0 Å². The first-order valence-electron chi connectivity index (χ1n) is 12.8. The number of Topliss-reactive ketones (excluding diaryl/α,β-unsaturated/α-hetero) is 1. The van der Waals surface area contributed by atoms with E-state index in [9.17, 15) is 24.9 Å². The van der Waals surface area contributed by atoms with Gasteiger partial charge in [-0.25, -0.2) is 4.79 Å². The summed E-state index contributed by atoms with van der Waals surface area (Å²) in [7, 11) is 0. The monoisotopic (exact) mass is 826 g/mol. The Bertz CT molecular complexity index is 1830. The number of aliphatic hydroxyl groups is 1. The number of nitrogens with zero attached hydrogens (tertiary/aromatic N) is 2. The van der Waals surface area contributed by atoms with E-state index in [-0.39, 0.29) is 29.1 Å². The molecule has 222 valence electrons. The third-order valence-electron chi connectivity index (χ3n) is 7.00. The van der Waals surface area contributed by atoms with Gasteiger partial charge in [0.15, 0.2) is 5.75 Å². The van der Waals surface area contributed by atoms with Crippen molar-refractivity contribution in [2.24, 2.45) is 5.92 Å². The summed E-state index contributed by atoms with van der Waals surface area (Å²) in [4.78, 5) is 31.2. The summed E-state index contributed by atoms with van der Waals surface area (Å²) in [6.45, 7) is 5.35. The van der Waals surface area contributed by atoms with Crippen LogP contribution in [0.15, 0.2) is 89.2 Å². The molecule has 0 bridgehead atoms. The molecule has 9 nitrogen and oxygen atoms in total. The minimum atomic E-state index is -1.43. The van der Waals surface area contributed by atoms with Gasteiger partial charge in [0, 0.05) is 32.7 Å². The lowest BCUT2D eigenvalue weighted by Crippen LogP contribution is -2.32. The molecule has 0 saturated carbocycles. The van der Waals surface area contributed by atoms with Crippen LogP contribution in [-0.4, -0.2) is 48.3 Å². The van der Waals surface area contributed by atoms with Crippen LogP contribution in [0.3, 0.4) is 0 Å². The second-order valence-corrected chi connectivity index (χ2v) is 12.3. The molecule has 0 saturated heterocycles. The average Bonchev–Trinajstić information content (AvgIpc) is 2.99. The van der Waals surface area contributed by atoms with E-state index in [1.807, 2.05) is 38.1 Å². The third-order valence-corrected chi connectivity index (χ3v) is 9.04. The van der Waals surface area contributed by atoms with Gasteiger partial charge in [-0.15, -0.1) is 0 Å². The van der Waals surface area contributed by atoms with Gasteiger partial charge in [-0.1, -0.05) is 24.6 Å². The minimum Gasteiger partial charge on any atom is -0.507 e. The summed E-state index contributed by atoms with van der Waals surface area (Å²) in [6, 6.07) is 12.6. The number of hydrogen-bond donors (Lipinski definition) is 4. The number of ether oxygens (including phenoxy) is 1. The molecule has 2 unspecified atom stereocenters. The smallest absolute Gasteiger partial charge is 0.343 e. The molecule has 12 heteroatoms. The van der Waals surface area contributed by atoms with Gasteiger partial charge in [-0.05, 0) is 107 Å². The fourth-order valence-corrected chi connectivity index (χ4v) is 6.72. The quantitative estimate of drug-likeness (QED) is 0.113. The predicted molar refractivity (Wildman–Crippen MR) is 180 cm³/mol. The standard InChI is InChI=1S/C13H14O5.C9H6ClNO.C9H5I2NO/c1-5-7(3)18-4-8-9(5)6(2)11(14)10(12(8)15)13(16)17;10-7-3-4-8(12)9-6(7)2-1-5-11-9;10-6-4-7(11)9(13)8-5(6)2-1-3-12-8/h4-5,7,14H,1-3H3,(H,16,17);1-5,12H;1-4,13H. The number of aliphatic hydroxyl groups excluding tert-OH is 1. The Morgan fingerprint density at radius 3 is 2.21 bits per heavy atom. The Kier molecular flexibility index (Phi) is 10.2. The molecule has 3 heterocycles. The summed E-state index contributed by atoms with van der Waals surface area (Å²) in [5.41, 5.74) is 1.96. The van der Waals surface area contributed by atoms with Crippen molar-refractivity contribution in [3.05, 3.63) is 101 Å². The maximum atomic E-state index is 12.0. The number of aromatic nitrogens is 2. The lowest BCUT2D eigenvalue weighted by atomic mass is 9.78. The average molecular weight is 827 g/mol. The highest BCUT2D eigenvalue weighted by Crippen LogP contribution is 2.39. The minimum absolute atomic E-state index is 0.0774. The van der Waals surface area contributed by atoms with Crippen LogP contribution in [0.5, 0.6) is 11.5 Å². The maximum absolute atomic E-state index is 12.0. The zero-order valence-electron chi connectivity index (χ0n) is 23.0. The van der Waals surface area contributed by atoms with Crippen LogP contribution in [0.1, 0.15) is 20.8 Å². The summed E-state index contributed by atoms with van der Waals surface area (Å²) in [5.74, 6) is -2.21. The van der Waals surface area contributed by atoms with E-state index in [0.29, 0.717) is 27.2 Å². The van der Waals surface area contributed by atoms with E-state index < -0.39 is 23.1 Å². The van der Waals surface area contributed by atoms with Crippen molar-refractivity contribution >= 4 is 90.3 Å². The summed E-state index contributed by atoms with van der Waals surface area (Å²) < 4.78 is 7.28. The van der Waals surface area contributed by atoms with Gasteiger partial charge < -0.3 is 25.2 Å². The molecule has 4 N–H and O–H groups in total. The number of phenols is 2. The zero-order chi connectivity index (χ0) is 31.6. The van der Waals surface area contributed by atoms with Crippen molar-refractivity contribution in [2.75, 3.05) is 0 Å². The van der Waals surface area contributed by atoms with Crippen LogP contribution in [0.2, 0.25) is 5.02 Å². The number of halogens is 3. The van der Waals surface area contributed by atoms with Crippen molar-refractivity contribution < 1.29 is 34.8 Å². The molecule has 2 aromatic heterocycles. The number of aliphatic carboxylic acids is 1. The van der Waals surface area contributed by atoms with Gasteiger partial charge in [-0.3, -0.25) is 14.8 Å². The molecule has 2 aromatic carbocycles. The molecular weight excluding hydrogens is 802 g/mol. The first kappa shape index (κ1) is 32.5. The largest absolute Gasteiger partial charge is 0.507 e. The van der Waals surface area contributed by atoms with Gasteiger partial charge in [-0.2, -0.15) is 0 Å². The van der Waals surface area contributed by atoms with Crippen molar-refractivity contribution in [1.29, 1.82) is 0 Å². The molecule has 0 amide bonds.